The zero-order chi connectivity index (χ0) is 15.8. The van der Waals surface area contributed by atoms with Crippen molar-refractivity contribution < 1.29 is 8.42 Å². The molecule has 112 valence electrons. The lowest BCUT2D eigenvalue weighted by Crippen LogP contribution is -2.15. The highest BCUT2D eigenvalue weighted by molar-refractivity contribution is 9.10. The smallest absolute Gasteiger partial charge is 0.266 e. The number of pyridine rings is 1. The number of nitrogens with one attached hydrogen (secondary N) is 1. The van der Waals surface area contributed by atoms with Gasteiger partial charge in [0.1, 0.15) is 4.90 Å². The minimum Gasteiger partial charge on any atom is -0.397 e. The van der Waals surface area contributed by atoms with Crippen LogP contribution in [0.2, 0.25) is 10.0 Å². The molecule has 0 saturated heterocycles. The Morgan fingerprint density at radius 2 is 1.71 bits per heavy atom. The van der Waals surface area contributed by atoms with Crippen molar-refractivity contribution >= 4 is 76.6 Å². The molecule has 0 bridgehead atoms. The van der Waals surface area contributed by atoms with Crippen molar-refractivity contribution in [1.82, 2.24) is 4.98 Å². The van der Waals surface area contributed by atoms with E-state index >= 15 is 0 Å². The van der Waals surface area contributed by atoms with Gasteiger partial charge in [0.05, 0.1) is 26.4 Å². The number of aromatic nitrogens is 1. The SMILES string of the molecule is Nc1cnc(NS(=O)(=O)c2c(Cl)cc(Br)cc2Cl)c(Br)c1. The number of nitrogens with two attached hydrogens (primary N) is 1. The zero-order valence-corrected chi connectivity index (χ0v) is 15.6. The van der Waals surface area contributed by atoms with Crippen LogP contribution in [0, 0.1) is 0 Å². The van der Waals surface area contributed by atoms with Crippen molar-refractivity contribution in [2.24, 2.45) is 0 Å². The number of nitrogen functional groups attached to an aromatic ring is 1. The van der Waals surface area contributed by atoms with Crippen LogP contribution in [0.15, 0.2) is 38.2 Å². The molecule has 1 aromatic heterocycles. The largest absolute Gasteiger partial charge is 0.397 e. The normalized spacial score (nSPS) is 11.4. The Hall–Kier alpha value is -0.540. The highest BCUT2D eigenvalue weighted by Crippen LogP contribution is 2.34. The summed E-state index contributed by atoms with van der Waals surface area (Å²) in [5.74, 6) is 0.0826. The monoisotopic (exact) mass is 473 g/mol. The highest BCUT2D eigenvalue weighted by Gasteiger charge is 2.23. The molecule has 0 spiro atoms. The number of nitrogens with zero attached hydrogens (tertiary/aromatic N) is 1. The van der Waals surface area contributed by atoms with E-state index < -0.39 is 10.0 Å². The van der Waals surface area contributed by atoms with E-state index in [4.69, 9.17) is 28.9 Å². The first-order chi connectivity index (χ1) is 9.70. The average Bonchev–Trinajstić information content (AvgIpc) is 2.30. The van der Waals surface area contributed by atoms with Gasteiger partial charge >= 0.3 is 0 Å². The van der Waals surface area contributed by atoms with E-state index in [2.05, 4.69) is 41.6 Å². The third kappa shape index (κ3) is 3.81. The summed E-state index contributed by atoms with van der Waals surface area (Å²) in [4.78, 5) is 3.69. The average molecular weight is 476 g/mol. The van der Waals surface area contributed by atoms with Gasteiger partial charge in [-0.1, -0.05) is 39.1 Å². The molecule has 1 aromatic carbocycles. The summed E-state index contributed by atoms with van der Waals surface area (Å²) in [7, 11) is -3.99. The highest BCUT2D eigenvalue weighted by atomic mass is 79.9. The van der Waals surface area contributed by atoms with Gasteiger partial charge in [-0.15, -0.1) is 0 Å². The molecule has 0 aliphatic heterocycles. The molecular formula is C11H7Br2Cl2N3O2S. The Morgan fingerprint density at radius 3 is 2.24 bits per heavy atom. The summed E-state index contributed by atoms with van der Waals surface area (Å²) < 4.78 is 28.1. The second-order valence-corrected chi connectivity index (χ2v) is 8.11. The van der Waals surface area contributed by atoms with Gasteiger partial charge in [-0.25, -0.2) is 13.4 Å². The van der Waals surface area contributed by atoms with Crippen LogP contribution in [-0.4, -0.2) is 13.4 Å². The van der Waals surface area contributed by atoms with Gasteiger partial charge in [0.2, 0.25) is 0 Å². The lowest BCUT2D eigenvalue weighted by Gasteiger charge is -2.12. The van der Waals surface area contributed by atoms with E-state index in [1.807, 2.05) is 0 Å². The van der Waals surface area contributed by atoms with E-state index in [1.54, 1.807) is 0 Å². The van der Waals surface area contributed by atoms with Crippen LogP contribution < -0.4 is 10.5 Å². The number of hydrogen-bond acceptors (Lipinski definition) is 4. The van der Waals surface area contributed by atoms with Gasteiger partial charge < -0.3 is 5.73 Å². The molecule has 21 heavy (non-hydrogen) atoms. The van der Waals surface area contributed by atoms with Crippen molar-refractivity contribution in [2.45, 2.75) is 4.90 Å². The van der Waals surface area contributed by atoms with Crippen LogP contribution >= 0.6 is 55.1 Å². The van der Waals surface area contributed by atoms with Crippen molar-refractivity contribution in [3.05, 3.63) is 43.4 Å². The first kappa shape index (κ1) is 16.8. The molecule has 2 rings (SSSR count). The van der Waals surface area contributed by atoms with Crippen LogP contribution in [0.3, 0.4) is 0 Å². The minimum atomic E-state index is -3.99. The molecule has 10 heteroatoms. The summed E-state index contributed by atoms with van der Waals surface area (Å²) in [6.45, 7) is 0. The van der Waals surface area contributed by atoms with Crippen molar-refractivity contribution in [2.75, 3.05) is 10.5 Å². The molecule has 0 amide bonds. The molecule has 0 radical (unpaired) electrons. The fraction of sp³-hybridized carbons (Fsp3) is 0. The van der Waals surface area contributed by atoms with Crippen molar-refractivity contribution in [3.8, 4) is 0 Å². The van der Waals surface area contributed by atoms with Crippen LogP contribution in [0.4, 0.5) is 11.5 Å². The Labute approximate surface area is 148 Å². The lowest BCUT2D eigenvalue weighted by atomic mass is 10.4. The molecule has 0 aliphatic carbocycles. The van der Waals surface area contributed by atoms with Crippen LogP contribution in [0.5, 0.6) is 0 Å². The topological polar surface area (TPSA) is 85.1 Å². The third-order valence-electron chi connectivity index (χ3n) is 2.33. The fourth-order valence-corrected chi connectivity index (χ4v) is 5.06. The van der Waals surface area contributed by atoms with E-state index in [-0.39, 0.29) is 20.8 Å². The third-order valence-corrected chi connectivity index (χ3v) is 5.65. The number of hydrogen-bond donors (Lipinski definition) is 2. The van der Waals surface area contributed by atoms with Gasteiger partial charge in [-0.3, -0.25) is 4.72 Å². The predicted octanol–water partition coefficient (Wildman–Crippen LogP) is 4.30. The number of anilines is 2. The number of benzene rings is 1. The predicted molar refractivity (Wildman–Crippen MR) is 91.3 cm³/mol. The quantitative estimate of drug-likeness (QED) is 0.693. The van der Waals surface area contributed by atoms with Gasteiger partial charge in [0, 0.05) is 4.47 Å². The summed E-state index contributed by atoms with van der Waals surface area (Å²) in [6, 6.07) is 4.40. The number of halogens is 4. The molecule has 0 fully saturated rings. The summed E-state index contributed by atoms with van der Waals surface area (Å²) in [5.41, 5.74) is 5.94. The first-order valence-corrected chi connectivity index (χ1v) is 9.11. The standard InChI is InChI=1S/C11H7Br2Cl2N3O2S/c12-5-1-8(14)10(9(15)2-5)21(19,20)18-11-7(13)3-6(16)4-17-11/h1-4H,16H2,(H,17,18). The van der Waals surface area contributed by atoms with E-state index in [0.29, 0.717) is 14.6 Å². The second-order valence-electron chi connectivity index (χ2n) is 3.90. The minimum absolute atomic E-state index is 0.00607. The van der Waals surface area contributed by atoms with Gasteiger partial charge in [0.15, 0.2) is 5.82 Å². The molecule has 0 saturated carbocycles. The molecule has 3 N–H and O–H groups in total. The van der Waals surface area contributed by atoms with Crippen molar-refractivity contribution in [3.63, 3.8) is 0 Å². The second kappa shape index (κ2) is 6.29. The maximum Gasteiger partial charge on any atom is 0.266 e. The molecular weight excluding hydrogens is 469 g/mol. The number of sulfonamides is 1. The molecule has 0 aliphatic rings. The molecule has 0 atom stereocenters. The van der Waals surface area contributed by atoms with E-state index in [1.165, 1.54) is 24.4 Å². The molecule has 5 nitrogen and oxygen atoms in total. The van der Waals surface area contributed by atoms with Crippen molar-refractivity contribution in [1.29, 1.82) is 0 Å². The number of rotatable bonds is 3. The fourth-order valence-electron chi connectivity index (χ4n) is 1.49. The maximum atomic E-state index is 12.4. The first-order valence-electron chi connectivity index (χ1n) is 5.29. The Bertz CT molecular complexity index is 792. The maximum absolute atomic E-state index is 12.4. The van der Waals surface area contributed by atoms with Crippen LogP contribution in [0.1, 0.15) is 0 Å². The Kier molecular flexibility index (Phi) is 5.04. The molecule has 2 aromatic rings. The lowest BCUT2D eigenvalue weighted by molar-refractivity contribution is 0.601. The van der Waals surface area contributed by atoms with E-state index in [0.717, 1.165) is 0 Å². The molecule has 0 unspecified atom stereocenters. The van der Waals surface area contributed by atoms with Crippen LogP contribution in [-0.2, 0) is 10.0 Å². The van der Waals surface area contributed by atoms with E-state index in [9.17, 15) is 8.42 Å². The summed E-state index contributed by atoms with van der Waals surface area (Å²) in [5, 5.41) is -0.0121. The molecule has 1 heterocycles. The zero-order valence-electron chi connectivity index (χ0n) is 10.1. The van der Waals surface area contributed by atoms with Crippen LogP contribution in [0.25, 0.3) is 0 Å². The Morgan fingerprint density at radius 1 is 1.14 bits per heavy atom. The summed E-state index contributed by atoms with van der Waals surface area (Å²) >= 11 is 18.3. The van der Waals surface area contributed by atoms with Gasteiger partial charge in [0.25, 0.3) is 10.0 Å². The van der Waals surface area contributed by atoms with Gasteiger partial charge in [-0.05, 0) is 34.1 Å². The Balaban J connectivity index is 2.48. The summed E-state index contributed by atoms with van der Waals surface area (Å²) in [6.07, 6.45) is 1.33. The van der Waals surface area contributed by atoms with Gasteiger partial charge in [-0.2, -0.15) is 0 Å².